The first-order valence-corrected chi connectivity index (χ1v) is 8.38. The van der Waals surface area contributed by atoms with E-state index in [0.29, 0.717) is 19.5 Å². The minimum absolute atomic E-state index is 0.00765. The second-order valence-electron chi connectivity index (χ2n) is 6.07. The van der Waals surface area contributed by atoms with Crippen molar-refractivity contribution in [1.29, 1.82) is 0 Å². The van der Waals surface area contributed by atoms with Crippen molar-refractivity contribution in [3.8, 4) is 0 Å². The van der Waals surface area contributed by atoms with Crippen molar-refractivity contribution in [2.45, 2.75) is 45.8 Å². The smallest absolute Gasteiger partial charge is 0.225 e. The molecule has 0 aliphatic carbocycles. The van der Waals surface area contributed by atoms with Crippen LogP contribution in [0, 0.1) is 5.92 Å². The highest BCUT2D eigenvalue weighted by Gasteiger charge is 2.27. The first kappa shape index (κ1) is 17.5. The van der Waals surface area contributed by atoms with Crippen molar-refractivity contribution < 1.29 is 14.7 Å². The Labute approximate surface area is 137 Å². The van der Waals surface area contributed by atoms with Crippen molar-refractivity contribution in [2.24, 2.45) is 5.92 Å². The molecule has 1 atom stereocenters. The Hall–Kier alpha value is -1.88. The molecule has 126 valence electrons. The Kier molecular flexibility index (Phi) is 6.59. The topological polar surface area (TPSA) is 69.6 Å². The summed E-state index contributed by atoms with van der Waals surface area (Å²) in [6.45, 7) is 3.65. The van der Waals surface area contributed by atoms with Crippen LogP contribution in [-0.2, 0) is 22.7 Å². The van der Waals surface area contributed by atoms with Crippen LogP contribution in [-0.4, -0.2) is 34.9 Å². The molecule has 0 spiro atoms. The van der Waals surface area contributed by atoms with Crippen molar-refractivity contribution >= 4 is 11.8 Å². The molecule has 1 saturated heterocycles. The molecular formula is C18H26N2O3. The highest BCUT2D eigenvalue weighted by molar-refractivity contribution is 5.81. The van der Waals surface area contributed by atoms with E-state index < -0.39 is 0 Å². The van der Waals surface area contributed by atoms with Gasteiger partial charge in [0.2, 0.25) is 11.8 Å². The van der Waals surface area contributed by atoms with Gasteiger partial charge in [-0.25, -0.2) is 0 Å². The van der Waals surface area contributed by atoms with Crippen LogP contribution < -0.4 is 5.32 Å². The van der Waals surface area contributed by atoms with E-state index in [9.17, 15) is 14.7 Å². The fourth-order valence-corrected chi connectivity index (χ4v) is 3.00. The third-order valence-corrected chi connectivity index (χ3v) is 4.35. The van der Waals surface area contributed by atoms with Gasteiger partial charge in [0, 0.05) is 26.1 Å². The number of rotatable bonds is 6. The maximum atomic E-state index is 12.4. The van der Waals surface area contributed by atoms with Crippen LogP contribution in [0.1, 0.15) is 43.7 Å². The average Bonchev–Trinajstić information content (AvgIpc) is 2.60. The molecule has 1 heterocycles. The first-order valence-electron chi connectivity index (χ1n) is 8.38. The van der Waals surface area contributed by atoms with Crippen LogP contribution in [0.4, 0.5) is 0 Å². The molecule has 1 fully saturated rings. The Bertz CT molecular complexity index is 545. The second-order valence-corrected chi connectivity index (χ2v) is 6.07. The Balaban J connectivity index is 1.89. The number of hydrogen-bond acceptors (Lipinski definition) is 3. The number of aliphatic hydroxyl groups is 1. The summed E-state index contributed by atoms with van der Waals surface area (Å²) in [6.07, 6.45) is 3.09. The van der Waals surface area contributed by atoms with Gasteiger partial charge in [-0.15, -0.1) is 0 Å². The zero-order valence-corrected chi connectivity index (χ0v) is 13.8. The molecule has 5 nitrogen and oxygen atoms in total. The van der Waals surface area contributed by atoms with E-state index >= 15 is 0 Å². The number of hydrogen-bond donors (Lipinski definition) is 2. The fourth-order valence-electron chi connectivity index (χ4n) is 3.00. The number of likely N-dealkylation sites (tertiary alicyclic amines) is 1. The molecule has 0 saturated carbocycles. The lowest BCUT2D eigenvalue weighted by atomic mass is 9.96. The lowest BCUT2D eigenvalue weighted by Crippen LogP contribution is -2.45. The summed E-state index contributed by atoms with van der Waals surface area (Å²) in [6, 6.07) is 7.53. The fraction of sp³-hybridized carbons (Fsp3) is 0.556. The van der Waals surface area contributed by atoms with Gasteiger partial charge in [0.25, 0.3) is 0 Å². The lowest BCUT2D eigenvalue weighted by Gasteiger charge is -2.32. The molecule has 2 N–H and O–H groups in total. The van der Waals surface area contributed by atoms with Gasteiger partial charge in [0.1, 0.15) is 0 Å². The molecule has 0 bridgehead atoms. The minimum Gasteiger partial charge on any atom is -0.392 e. The van der Waals surface area contributed by atoms with Crippen molar-refractivity contribution in [2.75, 3.05) is 13.1 Å². The van der Waals surface area contributed by atoms with Gasteiger partial charge in [-0.05, 0) is 30.4 Å². The van der Waals surface area contributed by atoms with Crippen LogP contribution in [0.2, 0.25) is 0 Å². The van der Waals surface area contributed by atoms with E-state index in [4.69, 9.17) is 0 Å². The van der Waals surface area contributed by atoms with E-state index in [2.05, 4.69) is 5.32 Å². The molecule has 1 aromatic rings. The quantitative estimate of drug-likeness (QED) is 0.841. The largest absolute Gasteiger partial charge is 0.392 e. The van der Waals surface area contributed by atoms with E-state index in [-0.39, 0.29) is 24.3 Å². The maximum Gasteiger partial charge on any atom is 0.225 e. The molecule has 1 aliphatic rings. The summed E-state index contributed by atoms with van der Waals surface area (Å²) >= 11 is 0. The van der Waals surface area contributed by atoms with Gasteiger partial charge in [-0.2, -0.15) is 0 Å². The summed E-state index contributed by atoms with van der Waals surface area (Å²) < 4.78 is 0. The Morgan fingerprint density at radius 3 is 2.74 bits per heavy atom. The lowest BCUT2D eigenvalue weighted by molar-refractivity contribution is -0.135. The summed E-state index contributed by atoms with van der Waals surface area (Å²) in [4.78, 5) is 26.2. The number of piperidine rings is 1. The highest BCUT2D eigenvalue weighted by atomic mass is 16.3. The monoisotopic (exact) mass is 318 g/mol. The van der Waals surface area contributed by atoms with E-state index in [1.807, 2.05) is 36.1 Å². The normalized spacial score (nSPS) is 17.8. The zero-order chi connectivity index (χ0) is 16.7. The molecule has 0 radical (unpaired) electrons. The summed E-state index contributed by atoms with van der Waals surface area (Å²) in [7, 11) is 0. The van der Waals surface area contributed by atoms with Gasteiger partial charge in [0.05, 0.1) is 12.5 Å². The maximum absolute atomic E-state index is 12.4. The average molecular weight is 318 g/mol. The molecule has 1 unspecified atom stereocenters. The van der Waals surface area contributed by atoms with E-state index in [1.165, 1.54) is 0 Å². The van der Waals surface area contributed by atoms with Crippen molar-refractivity contribution in [3.63, 3.8) is 0 Å². The molecule has 1 aliphatic heterocycles. The van der Waals surface area contributed by atoms with Crippen LogP contribution in [0.15, 0.2) is 24.3 Å². The van der Waals surface area contributed by atoms with Crippen LogP contribution in [0.5, 0.6) is 0 Å². The Morgan fingerprint density at radius 1 is 1.30 bits per heavy atom. The van der Waals surface area contributed by atoms with E-state index in [1.54, 1.807) is 0 Å². The summed E-state index contributed by atoms with van der Waals surface area (Å²) in [5, 5.41) is 12.3. The zero-order valence-electron chi connectivity index (χ0n) is 13.8. The van der Waals surface area contributed by atoms with Crippen molar-refractivity contribution in [3.05, 3.63) is 35.4 Å². The predicted molar refractivity (Wildman–Crippen MR) is 88.4 cm³/mol. The Morgan fingerprint density at radius 2 is 2.04 bits per heavy atom. The first-order chi connectivity index (χ1) is 11.2. The minimum atomic E-state index is -0.133. The molecule has 1 aromatic carbocycles. The van der Waals surface area contributed by atoms with Gasteiger partial charge in [0.15, 0.2) is 0 Å². The SMILES string of the molecule is CCCC(=O)N1CCCC(C(=O)NCc2ccccc2CO)C1. The summed E-state index contributed by atoms with van der Waals surface area (Å²) in [5.41, 5.74) is 1.76. The third-order valence-electron chi connectivity index (χ3n) is 4.35. The molecule has 23 heavy (non-hydrogen) atoms. The number of carbonyl (C=O) groups excluding carboxylic acids is 2. The highest BCUT2D eigenvalue weighted by Crippen LogP contribution is 2.18. The predicted octanol–water partition coefficient (Wildman–Crippen LogP) is 1.83. The number of benzene rings is 1. The van der Waals surface area contributed by atoms with Gasteiger partial charge in [-0.1, -0.05) is 31.2 Å². The van der Waals surface area contributed by atoms with Gasteiger partial charge in [-0.3, -0.25) is 9.59 Å². The van der Waals surface area contributed by atoms with Gasteiger partial charge < -0.3 is 15.3 Å². The molecule has 5 heteroatoms. The standard InChI is InChI=1S/C18H26N2O3/c1-2-6-17(22)20-10-5-9-15(12-20)18(23)19-11-14-7-3-4-8-16(14)13-21/h3-4,7-8,15,21H,2,5-6,9-13H2,1H3,(H,19,23). The van der Waals surface area contributed by atoms with Crippen LogP contribution >= 0.6 is 0 Å². The number of nitrogens with one attached hydrogen (secondary N) is 1. The number of amides is 2. The van der Waals surface area contributed by atoms with Gasteiger partial charge >= 0.3 is 0 Å². The van der Waals surface area contributed by atoms with Crippen molar-refractivity contribution in [1.82, 2.24) is 10.2 Å². The number of carbonyl (C=O) groups is 2. The molecule has 0 aromatic heterocycles. The second kappa shape index (κ2) is 8.67. The third kappa shape index (κ3) is 4.79. The van der Waals surface area contributed by atoms with Crippen LogP contribution in [0.25, 0.3) is 0 Å². The molecule has 2 amide bonds. The molecular weight excluding hydrogens is 292 g/mol. The van der Waals surface area contributed by atoms with Crippen LogP contribution in [0.3, 0.4) is 0 Å². The number of nitrogens with zero attached hydrogens (tertiary/aromatic N) is 1. The summed E-state index contributed by atoms with van der Waals surface area (Å²) in [5.74, 6) is 0.00760. The molecule has 2 rings (SSSR count). The van der Waals surface area contributed by atoms with E-state index in [0.717, 1.165) is 36.9 Å². The number of aliphatic hydroxyl groups excluding tert-OH is 1.